The molecule has 10 heteroatoms. The second-order valence-corrected chi connectivity index (χ2v) is 7.61. The van der Waals surface area contributed by atoms with Gasteiger partial charge in [0.1, 0.15) is 35.2 Å². The van der Waals surface area contributed by atoms with E-state index in [1.54, 1.807) is 12.3 Å². The first-order chi connectivity index (χ1) is 15.4. The lowest BCUT2D eigenvalue weighted by Gasteiger charge is -2.18. The predicted octanol–water partition coefficient (Wildman–Crippen LogP) is 3.33. The molecule has 5 rings (SSSR count). The number of hydrogen-bond donors (Lipinski definition) is 1. The van der Waals surface area contributed by atoms with Crippen LogP contribution in [0.2, 0.25) is 0 Å². The Morgan fingerprint density at radius 2 is 1.94 bits per heavy atom. The highest BCUT2D eigenvalue weighted by molar-refractivity contribution is 6.00. The molecule has 1 saturated heterocycles. The summed E-state index contributed by atoms with van der Waals surface area (Å²) in [4.78, 5) is 28.6. The molecule has 1 aliphatic rings. The van der Waals surface area contributed by atoms with Crippen molar-refractivity contribution in [3.63, 3.8) is 0 Å². The highest BCUT2D eigenvalue weighted by Crippen LogP contribution is 2.32. The van der Waals surface area contributed by atoms with E-state index in [1.165, 1.54) is 16.1 Å². The third-order valence-electron chi connectivity index (χ3n) is 5.58. The van der Waals surface area contributed by atoms with Crippen LogP contribution in [-0.2, 0) is 13.6 Å². The maximum atomic E-state index is 14.0. The fourth-order valence-electron chi connectivity index (χ4n) is 3.97. The molecule has 0 spiro atoms. The number of amides is 2. The van der Waals surface area contributed by atoms with Gasteiger partial charge in [-0.3, -0.25) is 4.90 Å². The second-order valence-electron chi connectivity index (χ2n) is 7.61. The standard InChI is InChI=1S/C22H19F2N7O/c1-29-11-16(19-20(25)27-12-28-21(19)29)13-2-5-18(26-9-13)31-7-6-30(22(31)32)10-14-8-15(23)3-4-17(14)24/h2-5,8-9,11-12H,6-7,10H2,1H3,(H2,25,27,28). The van der Waals surface area contributed by atoms with Gasteiger partial charge in [0.15, 0.2) is 0 Å². The van der Waals surface area contributed by atoms with Crippen molar-refractivity contribution in [2.45, 2.75) is 6.54 Å². The minimum absolute atomic E-state index is 0.00765. The number of pyridine rings is 1. The second kappa shape index (κ2) is 7.56. The maximum Gasteiger partial charge on any atom is 0.326 e. The van der Waals surface area contributed by atoms with Gasteiger partial charge in [-0.05, 0) is 30.3 Å². The van der Waals surface area contributed by atoms with Crippen LogP contribution in [0.15, 0.2) is 49.1 Å². The monoisotopic (exact) mass is 435 g/mol. The van der Waals surface area contributed by atoms with Crippen LogP contribution >= 0.6 is 0 Å². The summed E-state index contributed by atoms with van der Waals surface area (Å²) in [6.07, 6.45) is 4.99. The van der Waals surface area contributed by atoms with Crippen molar-refractivity contribution in [1.29, 1.82) is 0 Å². The van der Waals surface area contributed by atoms with E-state index in [0.29, 0.717) is 30.4 Å². The van der Waals surface area contributed by atoms with Crippen molar-refractivity contribution in [1.82, 2.24) is 24.4 Å². The largest absolute Gasteiger partial charge is 0.383 e. The minimum Gasteiger partial charge on any atom is -0.383 e. The van der Waals surface area contributed by atoms with Crippen LogP contribution in [0, 0.1) is 11.6 Å². The van der Waals surface area contributed by atoms with Crippen LogP contribution in [0.25, 0.3) is 22.2 Å². The zero-order chi connectivity index (χ0) is 22.4. The number of nitrogen functional groups attached to an aromatic ring is 1. The van der Waals surface area contributed by atoms with Crippen molar-refractivity contribution in [2.75, 3.05) is 23.7 Å². The topological polar surface area (TPSA) is 93.2 Å². The summed E-state index contributed by atoms with van der Waals surface area (Å²) in [6, 6.07) is 6.52. The SMILES string of the molecule is Cn1cc(-c2ccc(N3CCN(Cc4cc(F)ccc4F)C3=O)nc2)c2c(N)ncnc21. The van der Waals surface area contributed by atoms with E-state index in [-0.39, 0.29) is 18.1 Å². The van der Waals surface area contributed by atoms with Crippen LogP contribution in [0.3, 0.4) is 0 Å². The lowest BCUT2D eigenvalue weighted by molar-refractivity contribution is 0.218. The Balaban J connectivity index is 1.38. The molecular weight excluding hydrogens is 416 g/mol. The maximum absolute atomic E-state index is 14.0. The van der Waals surface area contributed by atoms with E-state index in [2.05, 4.69) is 15.0 Å². The summed E-state index contributed by atoms with van der Waals surface area (Å²) in [5, 5.41) is 0.741. The highest BCUT2D eigenvalue weighted by Gasteiger charge is 2.31. The molecule has 0 bridgehead atoms. The molecule has 1 aromatic carbocycles. The molecule has 1 fully saturated rings. The van der Waals surface area contributed by atoms with Gasteiger partial charge >= 0.3 is 6.03 Å². The molecule has 0 saturated carbocycles. The Bertz CT molecular complexity index is 1340. The van der Waals surface area contributed by atoms with Crippen molar-refractivity contribution in [2.24, 2.45) is 7.05 Å². The number of carbonyl (C=O) groups excluding carboxylic acids is 1. The molecule has 0 unspecified atom stereocenters. The number of hydrogen-bond acceptors (Lipinski definition) is 5. The van der Waals surface area contributed by atoms with Gasteiger partial charge in [0.2, 0.25) is 0 Å². The molecule has 0 aliphatic carbocycles. The van der Waals surface area contributed by atoms with Gasteiger partial charge in [0, 0.05) is 49.2 Å². The van der Waals surface area contributed by atoms with Gasteiger partial charge in [-0.15, -0.1) is 0 Å². The smallest absolute Gasteiger partial charge is 0.326 e. The van der Waals surface area contributed by atoms with Gasteiger partial charge in [-0.25, -0.2) is 28.5 Å². The number of fused-ring (bicyclic) bond motifs is 1. The average Bonchev–Trinajstić information content (AvgIpc) is 3.32. The molecule has 4 aromatic rings. The van der Waals surface area contributed by atoms with E-state index in [0.717, 1.165) is 34.7 Å². The number of aromatic nitrogens is 4. The molecule has 0 atom stereocenters. The minimum atomic E-state index is -0.543. The van der Waals surface area contributed by atoms with Crippen LogP contribution in [0.5, 0.6) is 0 Å². The number of carbonyl (C=O) groups is 1. The fraction of sp³-hybridized carbons (Fsp3) is 0.182. The molecule has 1 aliphatic heterocycles. The number of rotatable bonds is 4. The van der Waals surface area contributed by atoms with Crippen molar-refractivity contribution >= 4 is 28.7 Å². The van der Waals surface area contributed by atoms with E-state index in [1.807, 2.05) is 23.9 Å². The number of nitrogens with two attached hydrogens (primary N) is 1. The first-order valence-corrected chi connectivity index (χ1v) is 9.94. The number of nitrogens with zero attached hydrogens (tertiary/aromatic N) is 6. The molecule has 8 nitrogen and oxygen atoms in total. The van der Waals surface area contributed by atoms with Crippen molar-refractivity contribution < 1.29 is 13.6 Å². The Morgan fingerprint density at radius 3 is 2.72 bits per heavy atom. The summed E-state index contributed by atoms with van der Waals surface area (Å²) in [5.41, 5.74) is 8.57. The van der Waals surface area contributed by atoms with Gasteiger partial charge in [-0.1, -0.05) is 0 Å². The van der Waals surface area contributed by atoms with Crippen LogP contribution in [-0.4, -0.2) is 43.5 Å². The zero-order valence-electron chi connectivity index (χ0n) is 17.2. The van der Waals surface area contributed by atoms with Crippen LogP contribution in [0.1, 0.15) is 5.56 Å². The summed E-state index contributed by atoms with van der Waals surface area (Å²) >= 11 is 0. The van der Waals surface area contributed by atoms with Crippen LogP contribution < -0.4 is 10.6 Å². The van der Waals surface area contributed by atoms with E-state index >= 15 is 0 Å². The van der Waals surface area contributed by atoms with Gasteiger partial charge < -0.3 is 15.2 Å². The molecule has 0 radical (unpaired) electrons. The summed E-state index contributed by atoms with van der Waals surface area (Å²) in [6.45, 7) is 0.777. The number of urea groups is 1. The third-order valence-corrected chi connectivity index (χ3v) is 5.58. The van der Waals surface area contributed by atoms with E-state index in [4.69, 9.17) is 5.73 Å². The molecule has 4 heterocycles. The third kappa shape index (κ3) is 3.29. The first kappa shape index (κ1) is 19.9. The molecule has 3 aromatic heterocycles. The summed E-state index contributed by atoms with van der Waals surface area (Å²) in [7, 11) is 1.87. The van der Waals surface area contributed by atoms with E-state index in [9.17, 15) is 13.6 Å². The lowest BCUT2D eigenvalue weighted by atomic mass is 10.1. The molecular formula is C22H19F2N7O. The Hall–Kier alpha value is -4.08. The normalized spacial score (nSPS) is 14.0. The fourth-order valence-corrected chi connectivity index (χ4v) is 3.97. The highest BCUT2D eigenvalue weighted by atomic mass is 19.1. The van der Waals surface area contributed by atoms with Gasteiger partial charge in [0.25, 0.3) is 0 Å². The molecule has 2 amide bonds. The Morgan fingerprint density at radius 1 is 1.09 bits per heavy atom. The van der Waals surface area contributed by atoms with Crippen LogP contribution in [0.4, 0.5) is 25.2 Å². The Kier molecular flexibility index (Phi) is 4.69. The Labute approximate surface area is 181 Å². The molecule has 32 heavy (non-hydrogen) atoms. The molecule has 162 valence electrons. The molecule has 2 N–H and O–H groups in total. The first-order valence-electron chi connectivity index (χ1n) is 9.94. The summed E-state index contributed by atoms with van der Waals surface area (Å²) in [5.74, 6) is -0.227. The number of halogens is 2. The summed E-state index contributed by atoms with van der Waals surface area (Å²) < 4.78 is 29.3. The average molecular weight is 435 g/mol. The van der Waals surface area contributed by atoms with Gasteiger partial charge in [0.05, 0.1) is 11.9 Å². The number of aryl methyl sites for hydroxylation is 1. The van der Waals surface area contributed by atoms with Crippen molar-refractivity contribution in [3.05, 3.63) is 66.3 Å². The van der Waals surface area contributed by atoms with E-state index < -0.39 is 11.6 Å². The lowest BCUT2D eigenvalue weighted by Crippen LogP contribution is -2.32. The number of benzene rings is 1. The van der Waals surface area contributed by atoms with Gasteiger partial charge in [-0.2, -0.15) is 0 Å². The number of anilines is 2. The van der Waals surface area contributed by atoms with Crippen molar-refractivity contribution in [3.8, 4) is 11.1 Å². The quantitative estimate of drug-likeness (QED) is 0.531. The predicted molar refractivity (Wildman–Crippen MR) is 116 cm³/mol. The zero-order valence-corrected chi connectivity index (χ0v) is 17.2.